The topological polar surface area (TPSA) is 41.3 Å². The highest BCUT2D eigenvalue weighted by Gasteiger charge is 2.24. The summed E-state index contributed by atoms with van der Waals surface area (Å²) in [6, 6.07) is 8.43. The van der Waals surface area contributed by atoms with Crippen LogP contribution in [0.4, 0.5) is 15.8 Å². The molecule has 1 atom stereocenters. The van der Waals surface area contributed by atoms with E-state index in [-0.39, 0.29) is 11.9 Å². The van der Waals surface area contributed by atoms with Crippen molar-refractivity contribution in [1.82, 2.24) is 5.32 Å². The van der Waals surface area contributed by atoms with Crippen molar-refractivity contribution in [3.8, 4) is 0 Å². The molecule has 1 aliphatic rings. The number of nitrogen functional groups attached to an aromatic ring is 1. The summed E-state index contributed by atoms with van der Waals surface area (Å²) in [7, 11) is 0. The predicted octanol–water partition coefficient (Wildman–Crippen LogP) is 4.74. The summed E-state index contributed by atoms with van der Waals surface area (Å²) >= 11 is 17.9. The fourth-order valence-corrected chi connectivity index (χ4v) is 3.62. The van der Waals surface area contributed by atoms with Gasteiger partial charge in [-0.05, 0) is 42.3 Å². The molecular formula is C17H17Cl3FN3. The normalized spacial score (nSPS) is 17.5. The molecule has 1 aliphatic heterocycles. The number of nitrogens with zero attached hydrogens (tertiary/aromatic N) is 1. The second-order valence-corrected chi connectivity index (χ2v) is 7.15. The van der Waals surface area contributed by atoms with E-state index in [2.05, 4.69) is 5.32 Å². The molecule has 0 aliphatic carbocycles. The Morgan fingerprint density at radius 3 is 2.71 bits per heavy atom. The Morgan fingerprint density at radius 1 is 1.17 bits per heavy atom. The van der Waals surface area contributed by atoms with E-state index in [9.17, 15) is 4.39 Å². The quantitative estimate of drug-likeness (QED) is 0.744. The summed E-state index contributed by atoms with van der Waals surface area (Å²) < 4.78 is 14.0. The molecule has 1 saturated heterocycles. The maximum Gasteiger partial charge on any atom is 0.147 e. The minimum Gasteiger partial charge on any atom is -0.397 e. The van der Waals surface area contributed by atoms with Crippen LogP contribution in [0.5, 0.6) is 0 Å². The second-order valence-electron chi connectivity index (χ2n) is 5.87. The Hall–Kier alpha value is -1.20. The summed E-state index contributed by atoms with van der Waals surface area (Å²) in [6.07, 6.45) is 0.913. The van der Waals surface area contributed by atoms with Gasteiger partial charge in [-0.3, -0.25) is 0 Å². The molecule has 0 spiro atoms. The summed E-state index contributed by atoms with van der Waals surface area (Å²) in [5, 5.41) is 4.85. The number of nitrogens with two attached hydrogens (primary N) is 1. The van der Waals surface area contributed by atoms with Gasteiger partial charge >= 0.3 is 0 Å². The molecule has 1 unspecified atom stereocenters. The van der Waals surface area contributed by atoms with Crippen LogP contribution in [0.2, 0.25) is 15.1 Å². The average molecular weight is 389 g/mol. The third-order valence-electron chi connectivity index (χ3n) is 4.20. The maximum atomic E-state index is 14.0. The van der Waals surface area contributed by atoms with Gasteiger partial charge in [-0.2, -0.15) is 0 Å². The highest BCUT2D eigenvalue weighted by Crippen LogP contribution is 2.29. The van der Waals surface area contributed by atoms with Gasteiger partial charge < -0.3 is 16.0 Å². The van der Waals surface area contributed by atoms with Crippen molar-refractivity contribution in [2.45, 2.75) is 19.0 Å². The van der Waals surface area contributed by atoms with Gasteiger partial charge in [0.15, 0.2) is 0 Å². The van der Waals surface area contributed by atoms with Crippen LogP contribution in [0.1, 0.15) is 12.0 Å². The van der Waals surface area contributed by atoms with Gasteiger partial charge in [0.05, 0.1) is 16.4 Å². The van der Waals surface area contributed by atoms with Crippen LogP contribution in [-0.2, 0) is 6.54 Å². The van der Waals surface area contributed by atoms with Crippen molar-refractivity contribution in [2.75, 3.05) is 23.7 Å². The Morgan fingerprint density at radius 2 is 1.96 bits per heavy atom. The highest BCUT2D eigenvalue weighted by molar-refractivity contribution is 6.36. The zero-order chi connectivity index (χ0) is 17.3. The molecule has 128 valence electrons. The van der Waals surface area contributed by atoms with Gasteiger partial charge in [0.25, 0.3) is 0 Å². The van der Waals surface area contributed by atoms with Crippen LogP contribution < -0.4 is 16.0 Å². The molecule has 0 amide bonds. The van der Waals surface area contributed by atoms with E-state index in [0.29, 0.717) is 39.5 Å². The van der Waals surface area contributed by atoms with E-state index in [1.54, 1.807) is 24.3 Å². The molecule has 0 saturated carbocycles. The molecule has 3 nitrogen and oxygen atoms in total. The van der Waals surface area contributed by atoms with Gasteiger partial charge in [-0.15, -0.1) is 0 Å². The third kappa shape index (κ3) is 3.89. The van der Waals surface area contributed by atoms with E-state index in [1.807, 2.05) is 4.90 Å². The molecule has 7 heteroatoms. The summed E-state index contributed by atoms with van der Waals surface area (Å²) in [4.78, 5) is 2.01. The van der Waals surface area contributed by atoms with Crippen molar-refractivity contribution in [3.05, 3.63) is 56.8 Å². The fourth-order valence-electron chi connectivity index (χ4n) is 2.92. The maximum absolute atomic E-state index is 14.0. The van der Waals surface area contributed by atoms with E-state index in [1.165, 1.54) is 6.07 Å². The minimum absolute atomic E-state index is 0.234. The number of hydrogen-bond acceptors (Lipinski definition) is 3. The van der Waals surface area contributed by atoms with E-state index in [0.717, 1.165) is 18.5 Å². The van der Waals surface area contributed by atoms with E-state index >= 15 is 0 Å². The van der Waals surface area contributed by atoms with Crippen LogP contribution >= 0.6 is 34.8 Å². The number of anilines is 2. The predicted molar refractivity (Wildman–Crippen MR) is 99.7 cm³/mol. The van der Waals surface area contributed by atoms with Gasteiger partial charge in [0.2, 0.25) is 0 Å². The van der Waals surface area contributed by atoms with Crippen LogP contribution in [0, 0.1) is 5.82 Å². The summed E-state index contributed by atoms with van der Waals surface area (Å²) in [6.45, 7) is 2.06. The Bertz CT molecular complexity index is 754. The fraction of sp³-hybridized carbons (Fsp3) is 0.294. The molecule has 1 fully saturated rings. The van der Waals surface area contributed by atoms with Crippen LogP contribution in [0.15, 0.2) is 30.3 Å². The summed E-state index contributed by atoms with van der Waals surface area (Å²) in [5.74, 6) is -0.297. The third-order valence-corrected chi connectivity index (χ3v) is 4.97. The lowest BCUT2D eigenvalue weighted by atomic mass is 10.1. The number of benzene rings is 2. The molecule has 0 bridgehead atoms. The first-order valence-electron chi connectivity index (χ1n) is 7.61. The SMILES string of the molecule is Nc1c(Cl)cc(Cl)cc1CNC1CCN(c2ccc(Cl)cc2F)C1. The van der Waals surface area contributed by atoms with E-state index < -0.39 is 0 Å². The van der Waals surface area contributed by atoms with Gasteiger partial charge in [0, 0.05) is 35.7 Å². The largest absolute Gasteiger partial charge is 0.397 e. The second kappa shape index (κ2) is 7.36. The Balaban J connectivity index is 1.63. The van der Waals surface area contributed by atoms with Gasteiger partial charge in [-0.1, -0.05) is 34.8 Å². The molecule has 2 aromatic carbocycles. The number of nitrogens with one attached hydrogen (secondary N) is 1. The number of rotatable bonds is 4. The zero-order valence-electron chi connectivity index (χ0n) is 12.8. The molecule has 3 N–H and O–H groups in total. The Kier molecular flexibility index (Phi) is 5.40. The lowest BCUT2D eigenvalue weighted by Crippen LogP contribution is -2.32. The standard InChI is InChI=1S/C17H17Cl3FN3/c18-11-1-2-16(15(21)7-11)24-4-3-13(9-24)23-8-10-5-12(19)6-14(20)17(10)22/h1-2,5-7,13,23H,3-4,8-9,22H2. The van der Waals surface area contributed by atoms with Gasteiger partial charge in [0.1, 0.15) is 5.82 Å². The average Bonchev–Trinajstić information content (AvgIpc) is 2.98. The molecule has 3 rings (SSSR count). The van der Waals surface area contributed by atoms with Crippen LogP contribution in [-0.4, -0.2) is 19.1 Å². The minimum atomic E-state index is -0.297. The lowest BCUT2D eigenvalue weighted by molar-refractivity contribution is 0.551. The summed E-state index contributed by atoms with van der Waals surface area (Å²) in [5.41, 5.74) is 7.96. The van der Waals surface area contributed by atoms with Crippen molar-refractivity contribution < 1.29 is 4.39 Å². The number of halogens is 4. The smallest absolute Gasteiger partial charge is 0.147 e. The van der Waals surface area contributed by atoms with Crippen molar-refractivity contribution in [2.24, 2.45) is 0 Å². The van der Waals surface area contributed by atoms with Crippen LogP contribution in [0.25, 0.3) is 0 Å². The first kappa shape index (κ1) is 17.6. The van der Waals surface area contributed by atoms with Crippen LogP contribution in [0.3, 0.4) is 0 Å². The van der Waals surface area contributed by atoms with Gasteiger partial charge in [-0.25, -0.2) is 4.39 Å². The monoisotopic (exact) mass is 387 g/mol. The Labute approximate surface area is 155 Å². The highest BCUT2D eigenvalue weighted by atomic mass is 35.5. The lowest BCUT2D eigenvalue weighted by Gasteiger charge is -2.20. The van der Waals surface area contributed by atoms with Crippen molar-refractivity contribution >= 4 is 46.2 Å². The first-order valence-corrected chi connectivity index (χ1v) is 8.74. The molecule has 1 heterocycles. The molecule has 24 heavy (non-hydrogen) atoms. The van der Waals surface area contributed by atoms with Crippen molar-refractivity contribution in [1.29, 1.82) is 0 Å². The first-order chi connectivity index (χ1) is 11.4. The van der Waals surface area contributed by atoms with E-state index in [4.69, 9.17) is 40.5 Å². The molecule has 2 aromatic rings. The zero-order valence-corrected chi connectivity index (χ0v) is 15.1. The molecule has 0 radical (unpaired) electrons. The van der Waals surface area contributed by atoms with Crippen molar-refractivity contribution in [3.63, 3.8) is 0 Å². The molecular weight excluding hydrogens is 372 g/mol. The number of hydrogen-bond donors (Lipinski definition) is 2. The molecule has 0 aromatic heterocycles.